The predicted octanol–water partition coefficient (Wildman–Crippen LogP) is 2.87. The minimum absolute atomic E-state index is 0.239. The van der Waals surface area contributed by atoms with E-state index in [4.69, 9.17) is 16.0 Å². The first-order chi connectivity index (χ1) is 8.15. The Morgan fingerprint density at radius 1 is 1.29 bits per heavy atom. The van der Waals surface area contributed by atoms with E-state index < -0.39 is 0 Å². The van der Waals surface area contributed by atoms with Crippen molar-refractivity contribution in [3.8, 4) is 5.88 Å². The number of aromatic nitrogens is 2. The first-order valence-electron chi connectivity index (χ1n) is 5.12. The minimum Gasteiger partial charge on any atom is -0.445 e. The zero-order chi connectivity index (χ0) is 12.0. The third-order valence-corrected chi connectivity index (χ3v) is 2.83. The maximum Gasteiger partial charge on any atom is 0.333 e. The number of benzene rings is 1. The highest BCUT2D eigenvalue weighted by Crippen LogP contribution is 2.20. The summed E-state index contributed by atoms with van der Waals surface area (Å²) in [5, 5.41) is 0.585. The number of aryl methyl sites for hydroxylation is 1. The predicted molar refractivity (Wildman–Crippen MR) is 65.9 cm³/mol. The number of halogens is 1. The van der Waals surface area contributed by atoms with E-state index in [-0.39, 0.29) is 5.69 Å². The van der Waals surface area contributed by atoms with E-state index in [1.165, 1.54) is 4.57 Å². The van der Waals surface area contributed by atoms with E-state index >= 15 is 0 Å². The summed E-state index contributed by atoms with van der Waals surface area (Å²) in [7, 11) is 0. The lowest BCUT2D eigenvalue weighted by molar-refractivity contribution is 0.510. The fourth-order valence-corrected chi connectivity index (χ4v) is 2.02. The number of furan rings is 1. The van der Waals surface area contributed by atoms with Gasteiger partial charge in [0.2, 0.25) is 5.88 Å². The van der Waals surface area contributed by atoms with Crippen molar-refractivity contribution < 1.29 is 4.42 Å². The topological polar surface area (TPSA) is 50.9 Å². The van der Waals surface area contributed by atoms with E-state index in [1.807, 2.05) is 13.0 Å². The van der Waals surface area contributed by atoms with Gasteiger partial charge in [-0.3, -0.25) is 0 Å². The van der Waals surface area contributed by atoms with Crippen LogP contribution in [0.1, 0.15) is 5.76 Å². The summed E-state index contributed by atoms with van der Waals surface area (Å²) in [6.07, 6.45) is 0. The SMILES string of the molecule is Cc1ccc(-n2c(=O)[nH]c3cc(Cl)ccc32)o1. The van der Waals surface area contributed by atoms with Gasteiger partial charge in [0.1, 0.15) is 5.76 Å². The lowest BCUT2D eigenvalue weighted by Gasteiger charge is -1.98. The van der Waals surface area contributed by atoms with Crippen LogP contribution < -0.4 is 5.69 Å². The van der Waals surface area contributed by atoms with Gasteiger partial charge in [-0.25, -0.2) is 9.36 Å². The molecule has 2 aromatic heterocycles. The van der Waals surface area contributed by atoms with Crippen LogP contribution in [0.4, 0.5) is 0 Å². The van der Waals surface area contributed by atoms with Crippen LogP contribution in [-0.4, -0.2) is 9.55 Å². The van der Waals surface area contributed by atoms with Crippen LogP contribution in [0.2, 0.25) is 5.02 Å². The maximum atomic E-state index is 11.9. The smallest absolute Gasteiger partial charge is 0.333 e. The molecule has 0 aliphatic rings. The lowest BCUT2D eigenvalue weighted by Crippen LogP contribution is -2.13. The standard InChI is InChI=1S/C12H9ClN2O2/c1-7-2-5-11(17-7)15-10-4-3-8(13)6-9(10)14-12(15)16/h2-6H,1H3,(H,14,16). The van der Waals surface area contributed by atoms with Gasteiger partial charge in [-0.2, -0.15) is 0 Å². The molecular weight excluding hydrogens is 240 g/mol. The van der Waals surface area contributed by atoms with Crippen LogP contribution in [0.5, 0.6) is 0 Å². The second-order valence-electron chi connectivity index (χ2n) is 3.81. The van der Waals surface area contributed by atoms with Gasteiger partial charge in [0.05, 0.1) is 11.0 Å². The molecule has 2 heterocycles. The molecule has 3 aromatic rings. The fourth-order valence-electron chi connectivity index (χ4n) is 1.84. The molecule has 4 nitrogen and oxygen atoms in total. The summed E-state index contributed by atoms with van der Waals surface area (Å²) < 4.78 is 6.94. The molecule has 0 radical (unpaired) electrons. The second-order valence-corrected chi connectivity index (χ2v) is 4.25. The van der Waals surface area contributed by atoms with Gasteiger partial charge in [-0.05, 0) is 31.2 Å². The minimum atomic E-state index is -0.239. The quantitative estimate of drug-likeness (QED) is 0.720. The number of H-pyrrole nitrogens is 1. The van der Waals surface area contributed by atoms with Crippen LogP contribution in [0.25, 0.3) is 16.9 Å². The van der Waals surface area contributed by atoms with Crippen LogP contribution >= 0.6 is 11.6 Å². The van der Waals surface area contributed by atoms with Crippen molar-refractivity contribution in [2.45, 2.75) is 6.92 Å². The first-order valence-corrected chi connectivity index (χ1v) is 5.50. The van der Waals surface area contributed by atoms with Crippen molar-refractivity contribution in [2.24, 2.45) is 0 Å². The number of aromatic amines is 1. The highest BCUT2D eigenvalue weighted by molar-refractivity contribution is 6.31. The Balaban J connectivity index is 2.36. The molecule has 3 rings (SSSR count). The van der Waals surface area contributed by atoms with Gasteiger partial charge < -0.3 is 9.40 Å². The molecule has 0 amide bonds. The normalized spacial score (nSPS) is 11.2. The van der Waals surface area contributed by atoms with Gasteiger partial charge in [0.15, 0.2) is 0 Å². The van der Waals surface area contributed by atoms with Crippen molar-refractivity contribution in [3.05, 3.63) is 51.6 Å². The van der Waals surface area contributed by atoms with Gasteiger partial charge in [0.25, 0.3) is 0 Å². The Hall–Kier alpha value is -1.94. The van der Waals surface area contributed by atoms with E-state index in [2.05, 4.69) is 4.98 Å². The molecule has 86 valence electrons. The van der Waals surface area contributed by atoms with Gasteiger partial charge in [-0.15, -0.1) is 0 Å². The summed E-state index contributed by atoms with van der Waals surface area (Å²) in [6, 6.07) is 8.82. The Morgan fingerprint density at radius 3 is 2.82 bits per heavy atom. The number of fused-ring (bicyclic) bond motifs is 1. The molecule has 1 aromatic carbocycles. The fraction of sp³-hybridized carbons (Fsp3) is 0.0833. The number of rotatable bonds is 1. The van der Waals surface area contributed by atoms with E-state index in [1.54, 1.807) is 24.3 Å². The molecule has 1 N–H and O–H groups in total. The Kier molecular flexibility index (Phi) is 2.12. The molecule has 0 aliphatic heterocycles. The third kappa shape index (κ3) is 1.57. The molecule has 0 spiro atoms. The zero-order valence-electron chi connectivity index (χ0n) is 9.03. The van der Waals surface area contributed by atoms with Gasteiger partial charge in [-0.1, -0.05) is 11.6 Å². The number of hydrogen-bond donors (Lipinski definition) is 1. The van der Waals surface area contributed by atoms with E-state index in [0.29, 0.717) is 16.4 Å². The highest BCUT2D eigenvalue weighted by Gasteiger charge is 2.11. The largest absolute Gasteiger partial charge is 0.445 e. The van der Waals surface area contributed by atoms with Gasteiger partial charge in [0, 0.05) is 11.1 Å². The maximum absolute atomic E-state index is 11.9. The third-order valence-electron chi connectivity index (χ3n) is 2.59. The average Bonchev–Trinajstić information content (AvgIpc) is 2.80. The summed E-state index contributed by atoms with van der Waals surface area (Å²) in [4.78, 5) is 14.6. The number of nitrogens with zero attached hydrogens (tertiary/aromatic N) is 1. The summed E-state index contributed by atoms with van der Waals surface area (Å²) in [5.41, 5.74) is 1.20. The van der Waals surface area contributed by atoms with Gasteiger partial charge >= 0.3 is 5.69 Å². The van der Waals surface area contributed by atoms with Crippen LogP contribution in [-0.2, 0) is 0 Å². The monoisotopic (exact) mass is 248 g/mol. The van der Waals surface area contributed by atoms with Crippen molar-refractivity contribution in [1.82, 2.24) is 9.55 Å². The average molecular weight is 249 g/mol. The summed E-state index contributed by atoms with van der Waals surface area (Å²) in [6.45, 7) is 1.83. The molecule has 5 heteroatoms. The van der Waals surface area contributed by atoms with E-state index in [9.17, 15) is 4.79 Å². The van der Waals surface area contributed by atoms with Crippen LogP contribution in [0.3, 0.4) is 0 Å². The molecule has 0 fully saturated rings. The number of nitrogens with one attached hydrogen (secondary N) is 1. The summed E-state index contributed by atoms with van der Waals surface area (Å²) >= 11 is 5.88. The van der Waals surface area contributed by atoms with Crippen molar-refractivity contribution in [3.63, 3.8) is 0 Å². The van der Waals surface area contributed by atoms with Crippen LogP contribution in [0, 0.1) is 6.92 Å². The molecule has 0 saturated carbocycles. The highest BCUT2D eigenvalue weighted by atomic mass is 35.5. The molecule has 0 saturated heterocycles. The molecule has 0 aliphatic carbocycles. The lowest BCUT2D eigenvalue weighted by atomic mass is 10.3. The molecule has 17 heavy (non-hydrogen) atoms. The van der Waals surface area contributed by atoms with E-state index in [0.717, 1.165) is 11.3 Å². The number of hydrogen-bond acceptors (Lipinski definition) is 2. The van der Waals surface area contributed by atoms with Crippen molar-refractivity contribution in [1.29, 1.82) is 0 Å². The molecular formula is C12H9ClN2O2. The number of imidazole rings is 1. The molecule has 0 bridgehead atoms. The van der Waals surface area contributed by atoms with Crippen molar-refractivity contribution in [2.75, 3.05) is 0 Å². The summed E-state index contributed by atoms with van der Waals surface area (Å²) in [5.74, 6) is 1.26. The molecule has 0 unspecified atom stereocenters. The Morgan fingerprint density at radius 2 is 2.12 bits per heavy atom. The second kappa shape index (κ2) is 3.53. The zero-order valence-corrected chi connectivity index (χ0v) is 9.78. The van der Waals surface area contributed by atoms with Crippen LogP contribution in [0.15, 0.2) is 39.5 Å². The molecule has 0 atom stereocenters. The van der Waals surface area contributed by atoms with Crippen molar-refractivity contribution >= 4 is 22.6 Å². The Labute approximate surface area is 101 Å². The first kappa shape index (κ1) is 10.2. The Bertz CT molecular complexity index is 751.